The molecule has 0 fully saturated rings. The van der Waals surface area contributed by atoms with E-state index in [4.69, 9.17) is 11.6 Å². The van der Waals surface area contributed by atoms with Crippen LogP contribution in [0, 0.1) is 20.6 Å². The van der Waals surface area contributed by atoms with Crippen LogP contribution in [0.2, 0.25) is 5.02 Å². The first-order valence-corrected chi connectivity index (χ1v) is 7.36. The first-order chi connectivity index (χ1) is 9.47. The Labute approximate surface area is 135 Å². The van der Waals surface area contributed by atoms with Crippen LogP contribution in [0.1, 0.15) is 11.1 Å². The third kappa shape index (κ3) is 3.61. The summed E-state index contributed by atoms with van der Waals surface area (Å²) in [7, 11) is 0. The van der Waals surface area contributed by atoms with Gasteiger partial charge in [0.1, 0.15) is 0 Å². The Morgan fingerprint density at radius 2 is 2.05 bits per heavy atom. The second-order valence-corrected chi connectivity index (χ2v) is 6.00. The molecule has 0 aliphatic heterocycles. The van der Waals surface area contributed by atoms with Crippen molar-refractivity contribution in [1.29, 1.82) is 0 Å². The fourth-order valence-corrected chi connectivity index (χ4v) is 2.66. The van der Waals surface area contributed by atoms with Gasteiger partial charge in [-0.3, -0.25) is 10.1 Å². The maximum absolute atomic E-state index is 10.8. The summed E-state index contributed by atoms with van der Waals surface area (Å²) in [6, 6.07) is 10.5. The molecule has 6 heteroatoms. The zero-order valence-electron chi connectivity index (χ0n) is 10.7. The average Bonchev–Trinajstić information content (AvgIpc) is 2.39. The summed E-state index contributed by atoms with van der Waals surface area (Å²) in [6.07, 6.45) is 0. The molecule has 0 aliphatic carbocycles. The molecule has 0 saturated heterocycles. The highest BCUT2D eigenvalue weighted by Gasteiger charge is 2.10. The number of benzene rings is 2. The largest absolute Gasteiger partial charge is 0.381 e. The Bertz CT molecular complexity index is 662. The second-order valence-electron chi connectivity index (χ2n) is 4.35. The SMILES string of the molecule is Cc1cc(I)ccc1NCc1cc([N+](=O)[O-])ccc1Cl. The molecule has 0 unspecified atom stereocenters. The van der Waals surface area contributed by atoms with Crippen molar-refractivity contribution in [2.45, 2.75) is 13.5 Å². The van der Waals surface area contributed by atoms with E-state index in [9.17, 15) is 10.1 Å². The van der Waals surface area contributed by atoms with Gasteiger partial charge < -0.3 is 5.32 Å². The van der Waals surface area contributed by atoms with Crippen LogP contribution in [-0.4, -0.2) is 4.92 Å². The lowest BCUT2D eigenvalue weighted by atomic mass is 10.1. The first kappa shape index (κ1) is 15.1. The fourth-order valence-electron chi connectivity index (χ4n) is 1.83. The van der Waals surface area contributed by atoms with Crippen molar-refractivity contribution in [3.63, 3.8) is 0 Å². The minimum Gasteiger partial charge on any atom is -0.381 e. The summed E-state index contributed by atoms with van der Waals surface area (Å²) in [5.74, 6) is 0. The number of aryl methyl sites for hydroxylation is 1. The van der Waals surface area contributed by atoms with E-state index in [0.717, 1.165) is 11.3 Å². The minimum atomic E-state index is -0.421. The van der Waals surface area contributed by atoms with E-state index in [1.54, 1.807) is 6.07 Å². The van der Waals surface area contributed by atoms with Gasteiger partial charge in [0.2, 0.25) is 0 Å². The number of nitro benzene ring substituents is 1. The topological polar surface area (TPSA) is 55.2 Å². The number of nitrogens with zero attached hydrogens (tertiary/aromatic N) is 1. The summed E-state index contributed by atoms with van der Waals surface area (Å²) >= 11 is 8.32. The molecular weight excluding hydrogens is 391 g/mol. The van der Waals surface area contributed by atoms with E-state index in [1.165, 1.54) is 15.7 Å². The quantitative estimate of drug-likeness (QED) is 0.455. The van der Waals surface area contributed by atoms with Gasteiger partial charge in [0.25, 0.3) is 5.69 Å². The number of anilines is 1. The van der Waals surface area contributed by atoms with Crippen molar-refractivity contribution < 1.29 is 4.92 Å². The Morgan fingerprint density at radius 1 is 1.30 bits per heavy atom. The number of rotatable bonds is 4. The van der Waals surface area contributed by atoms with Crippen LogP contribution >= 0.6 is 34.2 Å². The van der Waals surface area contributed by atoms with Crippen LogP contribution in [-0.2, 0) is 6.54 Å². The predicted molar refractivity (Wildman–Crippen MR) is 89.3 cm³/mol. The lowest BCUT2D eigenvalue weighted by Crippen LogP contribution is -2.02. The van der Waals surface area contributed by atoms with Crippen LogP contribution in [0.3, 0.4) is 0 Å². The van der Waals surface area contributed by atoms with E-state index in [2.05, 4.69) is 34.0 Å². The maximum Gasteiger partial charge on any atom is 0.269 e. The smallest absolute Gasteiger partial charge is 0.269 e. The van der Waals surface area contributed by atoms with Crippen LogP contribution in [0.5, 0.6) is 0 Å². The molecule has 2 aromatic rings. The van der Waals surface area contributed by atoms with E-state index in [-0.39, 0.29) is 5.69 Å². The van der Waals surface area contributed by atoms with Gasteiger partial charge in [0.05, 0.1) is 4.92 Å². The van der Waals surface area contributed by atoms with Crippen LogP contribution in [0.15, 0.2) is 36.4 Å². The molecule has 0 aliphatic rings. The van der Waals surface area contributed by atoms with Crippen molar-refractivity contribution in [3.8, 4) is 0 Å². The predicted octanol–water partition coefficient (Wildman–Crippen LogP) is 4.77. The van der Waals surface area contributed by atoms with Gasteiger partial charge in [-0.2, -0.15) is 0 Å². The van der Waals surface area contributed by atoms with Gasteiger partial charge in [-0.1, -0.05) is 11.6 Å². The molecule has 0 bridgehead atoms. The minimum absolute atomic E-state index is 0.0468. The van der Waals surface area contributed by atoms with E-state index in [1.807, 2.05) is 19.1 Å². The fraction of sp³-hybridized carbons (Fsp3) is 0.143. The second kappa shape index (κ2) is 6.41. The number of non-ortho nitro benzene ring substituents is 1. The lowest BCUT2D eigenvalue weighted by molar-refractivity contribution is -0.384. The highest BCUT2D eigenvalue weighted by Crippen LogP contribution is 2.24. The zero-order chi connectivity index (χ0) is 14.7. The molecule has 0 amide bonds. The number of hydrogen-bond acceptors (Lipinski definition) is 3. The molecule has 4 nitrogen and oxygen atoms in total. The molecule has 104 valence electrons. The molecule has 2 aromatic carbocycles. The van der Waals surface area contributed by atoms with Gasteiger partial charge >= 0.3 is 0 Å². The highest BCUT2D eigenvalue weighted by molar-refractivity contribution is 14.1. The Kier molecular flexibility index (Phi) is 4.82. The maximum atomic E-state index is 10.8. The summed E-state index contributed by atoms with van der Waals surface area (Å²) in [6.45, 7) is 2.46. The van der Waals surface area contributed by atoms with Gasteiger partial charge in [-0.15, -0.1) is 0 Å². The van der Waals surface area contributed by atoms with Gasteiger partial charge in [-0.05, 0) is 64.9 Å². The average molecular weight is 403 g/mol. The summed E-state index contributed by atoms with van der Waals surface area (Å²) in [5, 5.41) is 14.5. The van der Waals surface area contributed by atoms with Crippen LogP contribution in [0.25, 0.3) is 0 Å². The molecule has 0 heterocycles. The number of hydrogen-bond donors (Lipinski definition) is 1. The summed E-state index contributed by atoms with van der Waals surface area (Å²) in [4.78, 5) is 10.4. The van der Waals surface area contributed by atoms with Crippen molar-refractivity contribution in [2.75, 3.05) is 5.32 Å². The van der Waals surface area contributed by atoms with Crippen LogP contribution < -0.4 is 5.32 Å². The number of nitrogens with one attached hydrogen (secondary N) is 1. The van der Waals surface area contributed by atoms with Crippen molar-refractivity contribution in [1.82, 2.24) is 0 Å². The summed E-state index contributed by atoms with van der Waals surface area (Å²) < 4.78 is 1.17. The monoisotopic (exact) mass is 402 g/mol. The Hall–Kier alpha value is -1.34. The Morgan fingerprint density at radius 3 is 2.70 bits per heavy atom. The zero-order valence-corrected chi connectivity index (χ0v) is 13.6. The van der Waals surface area contributed by atoms with Crippen molar-refractivity contribution in [3.05, 3.63) is 66.2 Å². The van der Waals surface area contributed by atoms with E-state index in [0.29, 0.717) is 17.1 Å². The number of nitro groups is 1. The standard InChI is InChI=1S/C14H12ClIN2O2/c1-9-6-11(16)2-5-14(9)17-8-10-7-12(18(19)20)3-4-13(10)15/h2-7,17H,8H2,1H3. The van der Waals surface area contributed by atoms with Gasteiger partial charge in [0.15, 0.2) is 0 Å². The molecule has 0 aromatic heterocycles. The molecule has 0 radical (unpaired) electrons. The molecule has 20 heavy (non-hydrogen) atoms. The molecular formula is C14H12ClIN2O2. The first-order valence-electron chi connectivity index (χ1n) is 5.90. The third-order valence-electron chi connectivity index (χ3n) is 2.90. The van der Waals surface area contributed by atoms with E-state index >= 15 is 0 Å². The number of halogens is 2. The molecule has 0 spiro atoms. The summed E-state index contributed by atoms with van der Waals surface area (Å²) in [5.41, 5.74) is 2.87. The van der Waals surface area contributed by atoms with Gasteiger partial charge in [-0.25, -0.2) is 0 Å². The van der Waals surface area contributed by atoms with Crippen molar-refractivity contribution >= 4 is 45.6 Å². The Balaban J connectivity index is 2.18. The highest BCUT2D eigenvalue weighted by atomic mass is 127. The van der Waals surface area contributed by atoms with Crippen LogP contribution in [0.4, 0.5) is 11.4 Å². The normalized spacial score (nSPS) is 10.3. The van der Waals surface area contributed by atoms with Crippen molar-refractivity contribution in [2.24, 2.45) is 0 Å². The van der Waals surface area contributed by atoms with E-state index < -0.39 is 4.92 Å². The third-order valence-corrected chi connectivity index (χ3v) is 3.94. The molecule has 2 rings (SSSR count). The lowest BCUT2D eigenvalue weighted by Gasteiger charge is -2.11. The molecule has 0 atom stereocenters. The van der Waals surface area contributed by atoms with Gasteiger partial charge in [0, 0.05) is 33.0 Å². The molecule has 1 N–H and O–H groups in total. The molecule has 0 saturated carbocycles.